The summed E-state index contributed by atoms with van der Waals surface area (Å²) >= 11 is 7.47. The molecular weight excluding hydrogens is 306 g/mol. The van der Waals surface area contributed by atoms with Crippen LogP contribution in [-0.2, 0) is 11.3 Å². The molecule has 0 saturated carbocycles. The lowest BCUT2D eigenvalue weighted by Gasteiger charge is -2.35. The van der Waals surface area contributed by atoms with Crippen molar-refractivity contribution in [2.75, 3.05) is 33.2 Å². The van der Waals surface area contributed by atoms with Crippen LogP contribution in [0, 0.1) is 5.92 Å². The van der Waals surface area contributed by atoms with E-state index in [2.05, 4.69) is 10.2 Å². The SMILES string of the molecule is CN(Cc1ccc(Cl)s1)C(=O)CN1CCC2NCCC2C1. The summed E-state index contributed by atoms with van der Waals surface area (Å²) in [5.74, 6) is 0.928. The molecule has 3 heterocycles. The second-order valence-corrected chi connectivity index (χ2v) is 7.89. The molecule has 2 aliphatic heterocycles. The normalized spacial score (nSPS) is 25.8. The van der Waals surface area contributed by atoms with E-state index in [0.29, 0.717) is 19.1 Å². The maximum atomic E-state index is 12.4. The average molecular weight is 328 g/mol. The fourth-order valence-corrected chi connectivity index (χ4v) is 4.48. The summed E-state index contributed by atoms with van der Waals surface area (Å²) in [5.41, 5.74) is 0. The molecule has 1 N–H and O–H groups in total. The molecule has 0 bridgehead atoms. The van der Waals surface area contributed by atoms with Gasteiger partial charge in [0, 0.05) is 31.1 Å². The fraction of sp³-hybridized carbons (Fsp3) is 0.667. The monoisotopic (exact) mass is 327 g/mol. The van der Waals surface area contributed by atoms with Crippen molar-refractivity contribution in [2.24, 2.45) is 5.92 Å². The number of likely N-dealkylation sites (tertiary alicyclic amines) is 1. The molecule has 2 aliphatic rings. The minimum atomic E-state index is 0.198. The third kappa shape index (κ3) is 3.77. The highest BCUT2D eigenvalue weighted by atomic mass is 35.5. The Morgan fingerprint density at radius 1 is 1.52 bits per heavy atom. The summed E-state index contributed by atoms with van der Waals surface area (Å²) in [5, 5.41) is 3.56. The Kier molecular flexibility index (Phi) is 4.84. The number of likely N-dealkylation sites (N-methyl/N-ethyl adjacent to an activating group) is 1. The maximum Gasteiger partial charge on any atom is 0.236 e. The number of nitrogens with one attached hydrogen (secondary N) is 1. The highest BCUT2D eigenvalue weighted by molar-refractivity contribution is 7.16. The van der Waals surface area contributed by atoms with Crippen LogP contribution in [0.2, 0.25) is 4.34 Å². The first-order valence-electron chi connectivity index (χ1n) is 7.56. The zero-order valence-electron chi connectivity index (χ0n) is 12.3. The molecule has 0 aliphatic carbocycles. The molecule has 2 fully saturated rings. The molecule has 3 rings (SSSR count). The Balaban J connectivity index is 1.49. The summed E-state index contributed by atoms with van der Waals surface area (Å²) < 4.78 is 0.779. The van der Waals surface area contributed by atoms with E-state index in [0.717, 1.165) is 34.8 Å². The van der Waals surface area contributed by atoms with Gasteiger partial charge in [-0.25, -0.2) is 0 Å². The molecular formula is C15H22ClN3OS. The molecule has 0 radical (unpaired) electrons. The molecule has 116 valence electrons. The Labute approximate surface area is 135 Å². The van der Waals surface area contributed by atoms with Gasteiger partial charge >= 0.3 is 0 Å². The number of carbonyl (C=O) groups excluding carboxylic acids is 1. The first-order valence-corrected chi connectivity index (χ1v) is 8.75. The van der Waals surface area contributed by atoms with E-state index in [1.54, 1.807) is 16.2 Å². The predicted molar refractivity (Wildman–Crippen MR) is 86.8 cm³/mol. The Hall–Kier alpha value is -0.620. The van der Waals surface area contributed by atoms with Crippen LogP contribution in [0.1, 0.15) is 17.7 Å². The van der Waals surface area contributed by atoms with E-state index in [1.807, 2.05) is 19.2 Å². The van der Waals surface area contributed by atoms with Crippen LogP contribution in [0.3, 0.4) is 0 Å². The maximum absolute atomic E-state index is 12.4. The number of carbonyl (C=O) groups is 1. The van der Waals surface area contributed by atoms with Crippen LogP contribution in [0.4, 0.5) is 0 Å². The summed E-state index contributed by atoms with van der Waals surface area (Å²) in [4.78, 5) is 17.6. The Morgan fingerprint density at radius 2 is 2.38 bits per heavy atom. The third-order valence-electron chi connectivity index (χ3n) is 4.55. The summed E-state index contributed by atoms with van der Waals surface area (Å²) in [6.07, 6.45) is 2.42. The zero-order valence-corrected chi connectivity index (χ0v) is 13.9. The zero-order chi connectivity index (χ0) is 14.8. The lowest BCUT2D eigenvalue weighted by molar-refractivity contribution is -0.132. The van der Waals surface area contributed by atoms with Gasteiger partial charge in [0.2, 0.25) is 5.91 Å². The number of piperidine rings is 1. The van der Waals surface area contributed by atoms with E-state index in [9.17, 15) is 4.79 Å². The van der Waals surface area contributed by atoms with Crippen molar-refractivity contribution in [1.82, 2.24) is 15.1 Å². The van der Waals surface area contributed by atoms with Crippen LogP contribution >= 0.6 is 22.9 Å². The van der Waals surface area contributed by atoms with Crippen molar-refractivity contribution in [3.8, 4) is 0 Å². The van der Waals surface area contributed by atoms with E-state index < -0.39 is 0 Å². The van der Waals surface area contributed by atoms with Crippen LogP contribution < -0.4 is 5.32 Å². The van der Waals surface area contributed by atoms with Gasteiger partial charge in [-0.3, -0.25) is 9.69 Å². The molecule has 4 nitrogen and oxygen atoms in total. The van der Waals surface area contributed by atoms with Crippen LogP contribution in [-0.4, -0.2) is 55.0 Å². The van der Waals surface area contributed by atoms with Crippen molar-refractivity contribution in [2.45, 2.75) is 25.4 Å². The van der Waals surface area contributed by atoms with Crippen molar-refractivity contribution in [3.63, 3.8) is 0 Å². The van der Waals surface area contributed by atoms with Gasteiger partial charge in [0.25, 0.3) is 0 Å². The molecule has 21 heavy (non-hydrogen) atoms. The number of fused-ring (bicyclic) bond motifs is 1. The number of hydrogen-bond acceptors (Lipinski definition) is 4. The average Bonchev–Trinajstić information content (AvgIpc) is 3.07. The third-order valence-corrected chi connectivity index (χ3v) is 5.76. The molecule has 2 saturated heterocycles. The van der Waals surface area contributed by atoms with E-state index in [4.69, 9.17) is 11.6 Å². The predicted octanol–water partition coefficient (Wildman–Crippen LogP) is 2.04. The van der Waals surface area contributed by atoms with Gasteiger partial charge in [-0.05, 0) is 37.4 Å². The molecule has 1 aromatic rings. The standard InChI is InChI=1S/C15H22ClN3OS/c1-18(9-12-2-3-14(16)21-12)15(20)10-19-7-5-13-11(8-19)4-6-17-13/h2-3,11,13,17H,4-10H2,1H3. The molecule has 0 aromatic carbocycles. The van der Waals surface area contributed by atoms with Crippen molar-refractivity contribution in [3.05, 3.63) is 21.3 Å². The highest BCUT2D eigenvalue weighted by Gasteiger charge is 2.33. The van der Waals surface area contributed by atoms with Crippen molar-refractivity contribution in [1.29, 1.82) is 0 Å². The number of amides is 1. The second kappa shape index (κ2) is 6.65. The molecule has 2 unspecified atom stereocenters. The number of halogens is 1. The van der Waals surface area contributed by atoms with Gasteiger partial charge in [-0.2, -0.15) is 0 Å². The Bertz CT molecular complexity index is 507. The van der Waals surface area contributed by atoms with Crippen molar-refractivity contribution >= 4 is 28.8 Å². The topological polar surface area (TPSA) is 35.6 Å². The van der Waals surface area contributed by atoms with Gasteiger partial charge in [0.1, 0.15) is 0 Å². The molecule has 0 spiro atoms. The lowest BCUT2D eigenvalue weighted by Crippen LogP contribution is -2.47. The summed E-state index contributed by atoms with van der Waals surface area (Å²) in [6.45, 7) is 4.41. The highest BCUT2D eigenvalue weighted by Crippen LogP contribution is 2.25. The van der Waals surface area contributed by atoms with E-state index >= 15 is 0 Å². The van der Waals surface area contributed by atoms with Crippen LogP contribution in [0.25, 0.3) is 0 Å². The fourth-order valence-electron chi connectivity index (χ4n) is 3.34. The second-order valence-electron chi connectivity index (χ2n) is 6.09. The number of hydrogen-bond donors (Lipinski definition) is 1. The van der Waals surface area contributed by atoms with Gasteiger partial charge < -0.3 is 10.2 Å². The number of rotatable bonds is 4. The molecule has 1 amide bonds. The van der Waals surface area contributed by atoms with Crippen molar-refractivity contribution < 1.29 is 4.79 Å². The molecule has 1 aromatic heterocycles. The minimum Gasteiger partial charge on any atom is -0.340 e. The first-order chi connectivity index (χ1) is 10.1. The summed E-state index contributed by atoms with van der Waals surface area (Å²) in [6, 6.07) is 4.56. The van der Waals surface area contributed by atoms with Gasteiger partial charge in [-0.1, -0.05) is 11.6 Å². The number of thiophene rings is 1. The summed E-state index contributed by atoms with van der Waals surface area (Å²) in [7, 11) is 1.87. The molecule has 6 heteroatoms. The van der Waals surface area contributed by atoms with Crippen LogP contribution in [0.15, 0.2) is 12.1 Å². The van der Waals surface area contributed by atoms with Gasteiger partial charge in [-0.15, -0.1) is 11.3 Å². The quantitative estimate of drug-likeness (QED) is 0.919. The smallest absolute Gasteiger partial charge is 0.236 e. The van der Waals surface area contributed by atoms with Gasteiger partial charge in [0.05, 0.1) is 17.4 Å². The Morgan fingerprint density at radius 3 is 3.14 bits per heavy atom. The van der Waals surface area contributed by atoms with Gasteiger partial charge in [0.15, 0.2) is 0 Å². The van der Waals surface area contributed by atoms with E-state index in [-0.39, 0.29) is 5.91 Å². The lowest BCUT2D eigenvalue weighted by atomic mass is 9.93. The first kappa shape index (κ1) is 15.3. The largest absolute Gasteiger partial charge is 0.340 e. The van der Waals surface area contributed by atoms with Crippen LogP contribution in [0.5, 0.6) is 0 Å². The minimum absolute atomic E-state index is 0.198. The van der Waals surface area contributed by atoms with E-state index in [1.165, 1.54) is 12.8 Å². The number of nitrogens with zero attached hydrogens (tertiary/aromatic N) is 2. The molecule has 2 atom stereocenters.